The fourth-order valence-corrected chi connectivity index (χ4v) is 4.35. The third-order valence-corrected chi connectivity index (χ3v) is 5.85. The van der Waals surface area contributed by atoms with Crippen molar-refractivity contribution in [2.24, 2.45) is 0 Å². The number of nitrogens with zero attached hydrogens (tertiary/aromatic N) is 3. The summed E-state index contributed by atoms with van der Waals surface area (Å²) in [4.78, 5) is 6.81. The van der Waals surface area contributed by atoms with Crippen molar-refractivity contribution in [1.82, 2.24) is 19.8 Å². The van der Waals surface area contributed by atoms with Gasteiger partial charge in [0.2, 0.25) is 0 Å². The number of thiocarbonyl (C=S) groups is 1. The van der Waals surface area contributed by atoms with Gasteiger partial charge >= 0.3 is 0 Å². The molecule has 2 atom stereocenters. The first kappa shape index (κ1) is 18.6. The van der Waals surface area contributed by atoms with E-state index in [1.165, 1.54) is 5.56 Å². The summed E-state index contributed by atoms with van der Waals surface area (Å²) in [6.45, 7) is 2.69. The molecular formula is C24H22N4OS. The van der Waals surface area contributed by atoms with Gasteiger partial charge in [0.25, 0.3) is 0 Å². The molecule has 6 heteroatoms. The number of furan rings is 1. The first-order chi connectivity index (χ1) is 14.7. The molecule has 0 spiro atoms. The largest absolute Gasteiger partial charge is 0.467 e. The molecule has 5 nitrogen and oxygen atoms in total. The number of aromatic nitrogens is 2. The molecule has 0 saturated carbocycles. The van der Waals surface area contributed by atoms with E-state index in [2.05, 4.69) is 69.3 Å². The van der Waals surface area contributed by atoms with Crippen LogP contribution in [0.1, 0.15) is 34.8 Å². The minimum absolute atomic E-state index is 0.0335. The highest BCUT2D eigenvalue weighted by atomic mass is 32.1. The lowest BCUT2D eigenvalue weighted by Crippen LogP contribution is -2.29. The highest BCUT2D eigenvalue weighted by Gasteiger charge is 2.41. The fraction of sp³-hybridized carbons (Fsp3) is 0.167. The smallest absolute Gasteiger partial charge is 0.170 e. The zero-order chi connectivity index (χ0) is 20.5. The van der Waals surface area contributed by atoms with Gasteiger partial charge < -0.3 is 19.2 Å². The molecule has 150 valence electrons. The summed E-state index contributed by atoms with van der Waals surface area (Å²) in [5.74, 6) is 0.874. The van der Waals surface area contributed by atoms with Crippen molar-refractivity contribution in [2.45, 2.75) is 25.6 Å². The van der Waals surface area contributed by atoms with Crippen molar-refractivity contribution in [3.63, 3.8) is 0 Å². The summed E-state index contributed by atoms with van der Waals surface area (Å²) in [7, 11) is 0. The van der Waals surface area contributed by atoms with Crippen LogP contribution in [0.4, 0.5) is 0 Å². The normalized spacial score (nSPS) is 18.6. The Bertz CT molecular complexity index is 1140. The van der Waals surface area contributed by atoms with E-state index in [1.54, 1.807) is 6.26 Å². The predicted octanol–water partition coefficient (Wildman–Crippen LogP) is 4.95. The second-order valence-electron chi connectivity index (χ2n) is 7.47. The van der Waals surface area contributed by atoms with Gasteiger partial charge in [-0.3, -0.25) is 4.98 Å². The van der Waals surface area contributed by atoms with E-state index in [0.29, 0.717) is 11.7 Å². The minimum atomic E-state index is -0.0623. The van der Waals surface area contributed by atoms with Crippen LogP contribution in [0.2, 0.25) is 0 Å². The van der Waals surface area contributed by atoms with Crippen LogP contribution in [0.5, 0.6) is 0 Å². The topological polar surface area (TPSA) is 46.2 Å². The molecule has 0 aliphatic carbocycles. The lowest BCUT2D eigenvalue weighted by molar-refractivity contribution is 0.280. The van der Waals surface area contributed by atoms with Crippen LogP contribution in [0, 0.1) is 6.92 Å². The molecule has 1 aromatic carbocycles. The highest BCUT2D eigenvalue weighted by molar-refractivity contribution is 7.80. The molecule has 0 unspecified atom stereocenters. The number of rotatable bonds is 5. The first-order valence-corrected chi connectivity index (χ1v) is 10.4. The molecular weight excluding hydrogens is 392 g/mol. The van der Waals surface area contributed by atoms with E-state index in [4.69, 9.17) is 16.6 Å². The monoisotopic (exact) mass is 414 g/mol. The minimum Gasteiger partial charge on any atom is -0.467 e. The van der Waals surface area contributed by atoms with Gasteiger partial charge in [-0.15, -0.1) is 0 Å². The molecule has 3 aromatic heterocycles. The van der Waals surface area contributed by atoms with E-state index >= 15 is 0 Å². The molecule has 1 N–H and O–H groups in total. The SMILES string of the molecule is Cc1ccc(-n2cccc2[C@@H]2[C@@H](c3ccccn3)NC(=S)N2Cc2ccco2)cc1. The summed E-state index contributed by atoms with van der Waals surface area (Å²) in [6.07, 6.45) is 5.62. The predicted molar refractivity (Wildman–Crippen MR) is 120 cm³/mol. The van der Waals surface area contributed by atoms with Crippen LogP contribution in [0.3, 0.4) is 0 Å². The molecule has 0 bridgehead atoms. The van der Waals surface area contributed by atoms with E-state index < -0.39 is 0 Å². The fourth-order valence-electron chi connectivity index (χ4n) is 4.04. The second kappa shape index (κ2) is 7.80. The quantitative estimate of drug-likeness (QED) is 0.469. The molecule has 1 aliphatic heterocycles. The van der Waals surface area contributed by atoms with Crippen LogP contribution in [0.15, 0.2) is 89.8 Å². The Balaban J connectivity index is 1.60. The lowest BCUT2D eigenvalue weighted by atomic mass is 10.0. The standard InChI is InChI=1S/C24H22N4OS/c1-17-9-11-18(12-10-17)27-14-4-8-21(27)23-22(20-7-2-3-13-25-20)26-24(30)28(23)16-19-6-5-15-29-19/h2-15,22-23H,16H2,1H3,(H,26,30)/t22-,23-/m1/s1. The maximum absolute atomic E-state index is 5.75. The van der Waals surface area contributed by atoms with Gasteiger partial charge in [-0.25, -0.2) is 0 Å². The van der Waals surface area contributed by atoms with Gasteiger partial charge in [-0.1, -0.05) is 23.8 Å². The summed E-state index contributed by atoms with van der Waals surface area (Å²) in [5, 5.41) is 4.20. The summed E-state index contributed by atoms with van der Waals surface area (Å²) < 4.78 is 7.85. The van der Waals surface area contributed by atoms with E-state index in [-0.39, 0.29) is 12.1 Å². The third-order valence-electron chi connectivity index (χ3n) is 5.50. The number of benzene rings is 1. The third kappa shape index (κ3) is 3.39. The average molecular weight is 415 g/mol. The Labute approximate surface area is 181 Å². The molecule has 30 heavy (non-hydrogen) atoms. The summed E-state index contributed by atoms with van der Waals surface area (Å²) in [6, 6.07) is 22.6. The van der Waals surface area contributed by atoms with Crippen molar-refractivity contribution in [3.05, 3.63) is 108 Å². The number of hydrogen-bond donors (Lipinski definition) is 1. The van der Waals surface area contributed by atoms with E-state index in [9.17, 15) is 0 Å². The average Bonchev–Trinajstić information content (AvgIpc) is 3.51. The van der Waals surface area contributed by atoms with Crippen molar-refractivity contribution in [1.29, 1.82) is 0 Å². The number of aryl methyl sites for hydroxylation is 1. The van der Waals surface area contributed by atoms with Gasteiger partial charge in [-0.2, -0.15) is 0 Å². The molecule has 1 aliphatic rings. The maximum atomic E-state index is 5.75. The van der Waals surface area contributed by atoms with Crippen LogP contribution >= 0.6 is 12.2 Å². The van der Waals surface area contributed by atoms with E-state index in [1.807, 2.05) is 36.5 Å². The van der Waals surface area contributed by atoms with Crippen molar-refractivity contribution < 1.29 is 4.42 Å². The number of pyridine rings is 1. The van der Waals surface area contributed by atoms with Crippen LogP contribution in [-0.4, -0.2) is 19.6 Å². The van der Waals surface area contributed by atoms with Crippen molar-refractivity contribution >= 4 is 17.3 Å². The van der Waals surface area contributed by atoms with Crippen molar-refractivity contribution in [3.8, 4) is 5.69 Å². The number of hydrogen-bond acceptors (Lipinski definition) is 3. The van der Waals surface area contributed by atoms with Gasteiger partial charge in [0.1, 0.15) is 5.76 Å². The lowest BCUT2D eigenvalue weighted by Gasteiger charge is -2.28. The summed E-state index contributed by atoms with van der Waals surface area (Å²) >= 11 is 5.75. The first-order valence-electron chi connectivity index (χ1n) is 9.95. The Hall–Kier alpha value is -3.38. The Morgan fingerprint density at radius 2 is 1.90 bits per heavy atom. The molecule has 1 fully saturated rings. The summed E-state index contributed by atoms with van der Waals surface area (Å²) in [5.41, 5.74) is 4.47. The van der Waals surface area contributed by atoms with Crippen LogP contribution in [-0.2, 0) is 6.54 Å². The van der Waals surface area contributed by atoms with E-state index in [0.717, 1.165) is 22.8 Å². The zero-order valence-electron chi connectivity index (χ0n) is 16.6. The second-order valence-corrected chi connectivity index (χ2v) is 7.86. The molecule has 0 amide bonds. The Morgan fingerprint density at radius 3 is 2.63 bits per heavy atom. The molecule has 1 saturated heterocycles. The highest BCUT2D eigenvalue weighted by Crippen LogP contribution is 2.40. The molecule has 4 heterocycles. The Morgan fingerprint density at radius 1 is 1.03 bits per heavy atom. The van der Waals surface area contributed by atoms with Gasteiger partial charge in [-0.05, 0) is 67.7 Å². The molecule has 0 radical (unpaired) electrons. The van der Waals surface area contributed by atoms with Gasteiger partial charge in [0.05, 0.1) is 30.6 Å². The van der Waals surface area contributed by atoms with Gasteiger partial charge in [0, 0.05) is 23.8 Å². The molecule has 4 aromatic rings. The van der Waals surface area contributed by atoms with Gasteiger partial charge in [0.15, 0.2) is 5.11 Å². The Kier molecular flexibility index (Phi) is 4.85. The van der Waals surface area contributed by atoms with Crippen molar-refractivity contribution in [2.75, 3.05) is 0 Å². The van der Waals surface area contributed by atoms with Crippen LogP contribution < -0.4 is 5.32 Å². The number of nitrogens with one attached hydrogen (secondary N) is 1. The van der Waals surface area contributed by atoms with Crippen LogP contribution in [0.25, 0.3) is 5.69 Å². The maximum Gasteiger partial charge on any atom is 0.170 e. The molecule has 5 rings (SSSR count). The zero-order valence-corrected chi connectivity index (χ0v) is 17.4.